The van der Waals surface area contributed by atoms with E-state index < -0.39 is 0 Å². The zero-order chi connectivity index (χ0) is 17.5. The first-order chi connectivity index (χ1) is 11.6. The van der Waals surface area contributed by atoms with Crippen LogP contribution in [0.3, 0.4) is 0 Å². The Morgan fingerprint density at radius 2 is 1.83 bits per heavy atom. The highest BCUT2D eigenvalue weighted by atomic mass is 35.5. The molecule has 2 aromatic rings. The fraction of sp³-hybridized carbons (Fsp3) is 0.316. The average molecular weight is 348 g/mol. The van der Waals surface area contributed by atoms with Crippen LogP contribution in [-0.2, 0) is 6.54 Å². The molecule has 0 aliphatic carbocycles. The van der Waals surface area contributed by atoms with Crippen LogP contribution < -0.4 is 9.47 Å². The molecule has 0 N–H and O–H groups in total. The summed E-state index contributed by atoms with van der Waals surface area (Å²) >= 11 is 6.22. The summed E-state index contributed by atoms with van der Waals surface area (Å²) < 4.78 is 10.5. The van der Waals surface area contributed by atoms with Crippen LogP contribution in [-0.4, -0.2) is 31.6 Å². The van der Waals surface area contributed by atoms with Crippen LogP contribution in [0.5, 0.6) is 11.5 Å². The van der Waals surface area contributed by atoms with Gasteiger partial charge in [-0.3, -0.25) is 4.79 Å². The Bertz CT molecular complexity index is 689. The van der Waals surface area contributed by atoms with E-state index in [1.54, 1.807) is 12.1 Å². The lowest BCUT2D eigenvalue weighted by atomic mass is 10.1. The van der Waals surface area contributed by atoms with E-state index >= 15 is 0 Å². The molecule has 2 rings (SSSR count). The molecule has 0 spiro atoms. The van der Waals surface area contributed by atoms with Gasteiger partial charge in [0.2, 0.25) is 0 Å². The maximum absolute atomic E-state index is 12.9. The summed E-state index contributed by atoms with van der Waals surface area (Å²) in [5.41, 5.74) is 1.58. The molecule has 0 heterocycles. The molecular formula is C19H22ClNO3. The van der Waals surface area contributed by atoms with Crippen LogP contribution in [0.15, 0.2) is 42.5 Å². The summed E-state index contributed by atoms with van der Waals surface area (Å²) in [5, 5.41) is 0.358. The topological polar surface area (TPSA) is 38.8 Å². The third-order valence-electron chi connectivity index (χ3n) is 3.68. The molecule has 1 amide bonds. The van der Waals surface area contributed by atoms with Crippen molar-refractivity contribution in [3.8, 4) is 11.5 Å². The number of halogens is 1. The van der Waals surface area contributed by atoms with E-state index in [1.165, 1.54) is 14.2 Å². The molecule has 24 heavy (non-hydrogen) atoms. The Morgan fingerprint density at radius 1 is 1.12 bits per heavy atom. The Labute approximate surface area is 147 Å². The SMILES string of the molecule is CCCN(Cc1ccccc1)C(=O)c1cc(Cl)c(OC)c(OC)c1. The smallest absolute Gasteiger partial charge is 0.254 e. The van der Waals surface area contributed by atoms with Crippen molar-refractivity contribution in [1.82, 2.24) is 4.90 Å². The lowest BCUT2D eigenvalue weighted by Gasteiger charge is -2.23. The maximum Gasteiger partial charge on any atom is 0.254 e. The molecule has 0 unspecified atom stereocenters. The van der Waals surface area contributed by atoms with Crippen molar-refractivity contribution in [2.45, 2.75) is 19.9 Å². The zero-order valence-electron chi connectivity index (χ0n) is 14.2. The minimum absolute atomic E-state index is 0.0800. The van der Waals surface area contributed by atoms with Crippen molar-refractivity contribution in [3.05, 3.63) is 58.6 Å². The molecule has 128 valence electrons. The van der Waals surface area contributed by atoms with Gasteiger partial charge in [0.15, 0.2) is 11.5 Å². The minimum Gasteiger partial charge on any atom is -0.493 e. The van der Waals surface area contributed by atoms with Crippen molar-refractivity contribution in [2.24, 2.45) is 0 Å². The molecule has 0 saturated heterocycles. The monoisotopic (exact) mass is 347 g/mol. The maximum atomic E-state index is 12.9. The lowest BCUT2D eigenvalue weighted by molar-refractivity contribution is 0.0742. The number of benzene rings is 2. The summed E-state index contributed by atoms with van der Waals surface area (Å²) in [6, 6.07) is 13.2. The summed E-state index contributed by atoms with van der Waals surface area (Å²) in [5.74, 6) is 0.800. The van der Waals surface area contributed by atoms with Gasteiger partial charge in [-0.05, 0) is 24.1 Å². The van der Waals surface area contributed by atoms with E-state index in [1.807, 2.05) is 42.2 Å². The third-order valence-corrected chi connectivity index (χ3v) is 3.96. The van der Waals surface area contributed by atoms with Crippen molar-refractivity contribution < 1.29 is 14.3 Å². The number of hydrogen-bond donors (Lipinski definition) is 0. The molecule has 4 nitrogen and oxygen atoms in total. The van der Waals surface area contributed by atoms with Crippen LogP contribution in [0.1, 0.15) is 29.3 Å². The van der Waals surface area contributed by atoms with Gasteiger partial charge in [-0.2, -0.15) is 0 Å². The van der Waals surface area contributed by atoms with Crippen molar-refractivity contribution in [2.75, 3.05) is 20.8 Å². The van der Waals surface area contributed by atoms with Gasteiger partial charge in [-0.15, -0.1) is 0 Å². The molecule has 5 heteroatoms. The van der Waals surface area contributed by atoms with Gasteiger partial charge in [0.25, 0.3) is 5.91 Å². The van der Waals surface area contributed by atoms with Crippen LogP contribution in [0.25, 0.3) is 0 Å². The number of carbonyl (C=O) groups is 1. The fourth-order valence-corrected chi connectivity index (χ4v) is 2.84. The number of amides is 1. The lowest BCUT2D eigenvalue weighted by Crippen LogP contribution is -2.31. The van der Waals surface area contributed by atoms with Crippen LogP contribution in [0, 0.1) is 0 Å². The Kier molecular flexibility index (Phi) is 6.50. The molecule has 2 aromatic carbocycles. The predicted octanol–water partition coefficient (Wildman–Crippen LogP) is 4.41. The normalized spacial score (nSPS) is 10.3. The molecule has 0 aliphatic rings. The Morgan fingerprint density at radius 3 is 2.42 bits per heavy atom. The highest BCUT2D eigenvalue weighted by molar-refractivity contribution is 6.32. The number of carbonyl (C=O) groups excluding carboxylic acids is 1. The minimum atomic E-state index is -0.0800. The van der Waals surface area contributed by atoms with Gasteiger partial charge in [0, 0.05) is 18.7 Å². The summed E-state index contributed by atoms with van der Waals surface area (Å²) in [7, 11) is 3.04. The summed E-state index contributed by atoms with van der Waals surface area (Å²) in [4.78, 5) is 14.7. The van der Waals surface area contributed by atoms with Gasteiger partial charge in [-0.1, -0.05) is 48.9 Å². The van der Waals surface area contributed by atoms with Crippen LogP contribution in [0.4, 0.5) is 0 Å². The largest absolute Gasteiger partial charge is 0.493 e. The second kappa shape index (κ2) is 8.60. The quantitative estimate of drug-likeness (QED) is 0.744. The van der Waals surface area contributed by atoms with Gasteiger partial charge in [-0.25, -0.2) is 0 Å². The molecule has 0 fully saturated rings. The number of hydrogen-bond acceptors (Lipinski definition) is 3. The number of nitrogens with zero attached hydrogens (tertiary/aromatic N) is 1. The Balaban J connectivity index is 2.31. The van der Waals surface area contributed by atoms with Gasteiger partial charge in [0.05, 0.1) is 19.2 Å². The average Bonchev–Trinajstić information content (AvgIpc) is 2.60. The number of ether oxygens (including phenoxy) is 2. The van der Waals surface area contributed by atoms with Crippen molar-refractivity contribution in [1.29, 1.82) is 0 Å². The Hall–Kier alpha value is -2.20. The number of methoxy groups -OCH3 is 2. The van der Waals surface area contributed by atoms with E-state index in [9.17, 15) is 4.79 Å². The third kappa shape index (κ3) is 4.20. The van der Waals surface area contributed by atoms with E-state index in [0.717, 1.165) is 12.0 Å². The molecule has 0 radical (unpaired) electrons. The van der Waals surface area contributed by atoms with Crippen LogP contribution >= 0.6 is 11.6 Å². The highest BCUT2D eigenvalue weighted by Gasteiger charge is 2.20. The molecular weight excluding hydrogens is 326 g/mol. The van der Waals surface area contributed by atoms with Gasteiger partial charge in [0.1, 0.15) is 0 Å². The van der Waals surface area contributed by atoms with E-state index in [-0.39, 0.29) is 5.91 Å². The fourth-order valence-electron chi connectivity index (χ4n) is 2.55. The standard InChI is InChI=1S/C19H22ClNO3/c1-4-10-21(13-14-8-6-5-7-9-14)19(22)15-11-16(20)18(24-3)17(12-15)23-2/h5-9,11-12H,4,10,13H2,1-3H3. The molecule has 0 saturated carbocycles. The van der Waals surface area contributed by atoms with E-state index in [0.29, 0.717) is 35.2 Å². The molecule has 0 atom stereocenters. The van der Waals surface area contributed by atoms with Crippen molar-refractivity contribution in [3.63, 3.8) is 0 Å². The molecule has 0 bridgehead atoms. The van der Waals surface area contributed by atoms with Gasteiger partial charge >= 0.3 is 0 Å². The molecule has 0 aromatic heterocycles. The first-order valence-electron chi connectivity index (χ1n) is 7.85. The first kappa shape index (κ1) is 18.1. The zero-order valence-corrected chi connectivity index (χ0v) is 15.0. The van der Waals surface area contributed by atoms with E-state index in [4.69, 9.17) is 21.1 Å². The number of rotatable bonds is 7. The van der Waals surface area contributed by atoms with Crippen molar-refractivity contribution >= 4 is 17.5 Å². The van der Waals surface area contributed by atoms with Gasteiger partial charge < -0.3 is 14.4 Å². The second-order valence-corrected chi connectivity index (χ2v) is 5.81. The summed E-state index contributed by atoms with van der Waals surface area (Å²) in [6.07, 6.45) is 0.875. The predicted molar refractivity (Wildman–Crippen MR) is 96.0 cm³/mol. The molecule has 0 aliphatic heterocycles. The van der Waals surface area contributed by atoms with E-state index in [2.05, 4.69) is 0 Å². The summed E-state index contributed by atoms with van der Waals surface area (Å²) in [6.45, 7) is 3.27. The highest BCUT2D eigenvalue weighted by Crippen LogP contribution is 2.36. The second-order valence-electron chi connectivity index (χ2n) is 5.41. The van der Waals surface area contributed by atoms with Crippen LogP contribution in [0.2, 0.25) is 5.02 Å². The first-order valence-corrected chi connectivity index (χ1v) is 8.23.